The number of nitrogens with one attached hydrogen (secondary N) is 1. The van der Waals surface area contributed by atoms with Gasteiger partial charge in [0.05, 0.1) is 0 Å². The lowest BCUT2D eigenvalue weighted by Gasteiger charge is -2.07. The number of amides is 1. The second-order valence-electron chi connectivity index (χ2n) is 6.51. The molecule has 1 amide bonds. The zero-order valence-electron chi connectivity index (χ0n) is 13.7. The standard InChI is InChI=1S/C20H23NO3/c22-19(23)11-2-1-5-12-21-20(24)18-13-17(18)16-10-6-8-14-7-3-4-9-15(14)16/h3-4,6-10,17-18H,1-2,5,11-13H2,(H,21,24)(H,22,23). The summed E-state index contributed by atoms with van der Waals surface area (Å²) in [6.45, 7) is 0.636. The summed E-state index contributed by atoms with van der Waals surface area (Å²) in [6.07, 6.45) is 3.47. The average molecular weight is 325 g/mol. The van der Waals surface area contributed by atoms with E-state index in [1.807, 2.05) is 12.1 Å². The molecule has 2 unspecified atom stereocenters. The lowest BCUT2D eigenvalue weighted by atomic mass is 10.00. The molecule has 1 saturated carbocycles. The fraction of sp³-hybridized carbons (Fsp3) is 0.400. The number of unbranched alkanes of at least 4 members (excludes halogenated alkanes) is 2. The Bertz CT molecular complexity index is 735. The summed E-state index contributed by atoms with van der Waals surface area (Å²) in [5, 5.41) is 14.0. The number of rotatable bonds is 8. The largest absolute Gasteiger partial charge is 0.481 e. The van der Waals surface area contributed by atoms with Crippen molar-refractivity contribution in [2.24, 2.45) is 5.92 Å². The van der Waals surface area contributed by atoms with Crippen LogP contribution in [0.2, 0.25) is 0 Å². The van der Waals surface area contributed by atoms with E-state index in [1.54, 1.807) is 0 Å². The van der Waals surface area contributed by atoms with E-state index in [-0.39, 0.29) is 18.2 Å². The third-order valence-corrected chi connectivity index (χ3v) is 4.72. The van der Waals surface area contributed by atoms with Crippen LogP contribution in [0.4, 0.5) is 0 Å². The number of carboxylic acids is 1. The monoisotopic (exact) mass is 325 g/mol. The second kappa shape index (κ2) is 7.47. The van der Waals surface area contributed by atoms with Gasteiger partial charge in [0, 0.05) is 18.9 Å². The van der Waals surface area contributed by atoms with E-state index in [9.17, 15) is 9.59 Å². The van der Waals surface area contributed by atoms with E-state index in [1.165, 1.54) is 16.3 Å². The lowest BCUT2D eigenvalue weighted by molar-refractivity contribution is -0.137. The summed E-state index contributed by atoms with van der Waals surface area (Å²) in [7, 11) is 0. The maximum Gasteiger partial charge on any atom is 0.303 e. The van der Waals surface area contributed by atoms with E-state index in [2.05, 4.69) is 35.6 Å². The number of hydrogen-bond donors (Lipinski definition) is 2. The van der Waals surface area contributed by atoms with Crippen molar-refractivity contribution in [2.45, 2.75) is 38.0 Å². The molecule has 3 rings (SSSR count). The molecule has 0 bridgehead atoms. The number of carboxylic acid groups (broad SMARTS) is 1. The molecule has 2 atom stereocenters. The topological polar surface area (TPSA) is 66.4 Å². The fourth-order valence-corrected chi connectivity index (χ4v) is 3.32. The first-order valence-electron chi connectivity index (χ1n) is 8.64. The molecule has 0 aromatic heterocycles. The van der Waals surface area contributed by atoms with Crippen molar-refractivity contribution in [3.63, 3.8) is 0 Å². The van der Waals surface area contributed by atoms with E-state index in [0.717, 1.165) is 19.3 Å². The molecule has 126 valence electrons. The Morgan fingerprint density at radius 3 is 2.67 bits per heavy atom. The van der Waals surface area contributed by atoms with Crippen LogP contribution in [0.25, 0.3) is 10.8 Å². The summed E-state index contributed by atoms with van der Waals surface area (Å²) in [5.41, 5.74) is 1.27. The lowest BCUT2D eigenvalue weighted by Crippen LogP contribution is -2.26. The first kappa shape index (κ1) is 16.5. The summed E-state index contributed by atoms with van der Waals surface area (Å²) in [4.78, 5) is 22.7. The molecule has 0 heterocycles. The highest BCUT2D eigenvalue weighted by Gasteiger charge is 2.44. The number of fused-ring (bicyclic) bond motifs is 1. The van der Waals surface area contributed by atoms with Crippen molar-refractivity contribution in [3.8, 4) is 0 Å². The van der Waals surface area contributed by atoms with Crippen LogP contribution in [0.3, 0.4) is 0 Å². The van der Waals surface area contributed by atoms with Gasteiger partial charge in [0.2, 0.25) is 5.91 Å². The molecular weight excluding hydrogens is 302 g/mol. The maximum atomic E-state index is 12.3. The predicted molar refractivity (Wildman–Crippen MR) is 93.9 cm³/mol. The van der Waals surface area contributed by atoms with Crippen LogP contribution in [0, 0.1) is 5.92 Å². The van der Waals surface area contributed by atoms with Gasteiger partial charge >= 0.3 is 5.97 Å². The van der Waals surface area contributed by atoms with Gasteiger partial charge in [-0.3, -0.25) is 9.59 Å². The highest BCUT2D eigenvalue weighted by Crippen LogP contribution is 2.49. The number of benzene rings is 2. The van der Waals surface area contributed by atoms with Crippen LogP contribution in [0.5, 0.6) is 0 Å². The van der Waals surface area contributed by atoms with E-state index < -0.39 is 5.97 Å². The van der Waals surface area contributed by atoms with Gasteiger partial charge in [0.15, 0.2) is 0 Å². The zero-order valence-corrected chi connectivity index (χ0v) is 13.7. The molecule has 2 N–H and O–H groups in total. The van der Waals surface area contributed by atoms with E-state index in [0.29, 0.717) is 18.9 Å². The molecule has 2 aromatic carbocycles. The molecule has 0 saturated heterocycles. The Hall–Kier alpha value is -2.36. The van der Waals surface area contributed by atoms with Crippen LogP contribution < -0.4 is 5.32 Å². The Morgan fingerprint density at radius 1 is 1.04 bits per heavy atom. The van der Waals surface area contributed by atoms with Gasteiger partial charge in [-0.15, -0.1) is 0 Å². The van der Waals surface area contributed by atoms with Gasteiger partial charge in [-0.1, -0.05) is 48.9 Å². The minimum Gasteiger partial charge on any atom is -0.481 e. The molecule has 0 radical (unpaired) electrons. The van der Waals surface area contributed by atoms with E-state index in [4.69, 9.17) is 5.11 Å². The van der Waals surface area contributed by atoms with Gasteiger partial charge in [-0.25, -0.2) is 0 Å². The van der Waals surface area contributed by atoms with Crippen molar-refractivity contribution in [3.05, 3.63) is 48.0 Å². The third-order valence-electron chi connectivity index (χ3n) is 4.72. The Kier molecular flexibility index (Phi) is 5.14. The summed E-state index contributed by atoms with van der Waals surface area (Å²) in [5.74, 6) is -0.223. The number of hydrogen-bond acceptors (Lipinski definition) is 2. The number of carbonyl (C=O) groups excluding carboxylic acids is 1. The minimum absolute atomic E-state index is 0.0785. The maximum absolute atomic E-state index is 12.3. The molecule has 1 aliphatic carbocycles. The molecule has 1 fully saturated rings. The molecule has 4 nitrogen and oxygen atoms in total. The molecule has 1 aliphatic rings. The molecule has 24 heavy (non-hydrogen) atoms. The van der Waals surface area contributed by atoms with Crippen LogP contribution in [-0.2, 0) is 9.59 Å². The fourth-order valence-electron chi connectivity index (χ4n) is 3.32. The zero-order chi connectivity index (χ0) is 16.9. The van der Waals surface area contributed by atoms with Gasteiger partial charge in [-0.05, 0) is 41.5 Å². The summed E-state index contributed by atoms with van der Waals surface area (Å²) in [6, 6.07) is 14.6. The SMILES string of the molecule is O=C(O)CCCCCNC(=O)C1CC1c1cccc2ccccc12. The van der Waals surface area contributed by atoms with E-state index >= 15 is 0 Å². The Morgan fingerprint density at radius 2 is 1.83 bits per heavy atom. The van der Waals surface area contributed by atoms with Crippen molar-refractivity contribution in [1.82, 2.24) is 5.32 Å². The quantitative estimate of drug-likeness (QED) is 0.727. The molecular formula is C20H23NO3. The average Bonchev–Trinajstić information content (AvgIpc) is 3.37. The van der Waals surface area contributed by atoms with Crippen LogP contribution in [0.15, 0.2) is 42.5 Å². The summed E-state index contributed by atoms with van der Waals surface area (Å²) < 4.78 is 0. The van der Waals surface area contributed by atoms with Gasteiger partial charge in [-0.2, -0.15) is 0 Å². The van der Waals surface area contributed by atoms with Crippen molar-refractivity contribution >= 4 is 22.6 Å². The molecule has 4 heteroatoms. The molecule has 2 aromatic rings. The second-order valence-corrected chi connectivity index (χ2v) is 6.51. The molecule has 0 aliphatic heterocycles. The van der Waals surface area contributed by atoms with Gasteiger partial charge in [0.25, 0.3) is 0 Å². The number of aliphatic carboxylic acids is 1. The van der Waals surface area contributed by atoms with Gasteiger partial charge in [0.1, 0.15) is 0 Å². The predicted octanol–water partition coefficient (Wildman–Crippen LogP) is 3.70. The molecule has 0 spiro atoms. The Labute approximate surface area is 141 Å². The third kappa shape index (κ3) is 3.94. The highest BCUT2D eigenvalue weighted by atomic mass is 16.4. The first-order chi connectivity index (χ1) is 11.7. The number of carbonyl (C=O) groups is 2. The normalized spacial score (nSPS) is 19.2. The van der Waals surface area contributed by atoms with Crippen molar-refractivity contribution in [1.29, 1.82) is 0 Å². The van der Waals surface area contributed by atoms with Crippen LogP contribution >= 0.6 is 0 Å². The first-order valence-corrected chi connectivity index (χ1v) is 8.64. The highest BCUT2D eigenvalue weighted by molar-refractivity contribution is 5.89. The Balaban J connectivity index is 1.48. The van der Waals surface area contributed by atoms with Crippen molar-refractivity contribution < 1.29 is 14.7 Å². The van der Waals surface area contributed by atoms with Crippen LogP contribution in [-0.4, -0.2) is 23.5 Å². The summed E-state index contributed by atoms with van der Waals surface area (Å²) >= 11 is 0. The smallest absolute Gasteiger partial charge is 0.303 e. The van der Waals surface area contributed by atoms with Crippen molar-refractivity contribution in [2.75, 3.05) is 6.54 Å². The van der Waals surface area contributed by atoms with Crippen LogP contribution in [0.1, 0.15) is 43.6 Å². The minimum atomic E-state index is -0.755. The van der Waals surface area contributed by atoms with Gasteiger partial charge < -0.3 is 10.4 Å².